The maximum Gasteiger partial charge on any atom is 0.413 e. The predicted octanol–water partition coefficient (Wildman–Crippen LogP) is 2.55. The minimum Gasteiger partial charge on any atom is -0.444 e. The molecule has 1 fully saturated rings. The first kappa shape index (κ1) is 16.2. The van der Waals surface area contributed by atoms with Gasteiger partial charge in [-0.05, 0) is 34.6 Å². The zero-order valence-electron chi connectivity index (χ0n) is 13.0. The van der Waals surface area contributed by atoms with Crippen LogP contribution in [-0.4, -0.2) is 45.1 Å². The highest BCUT2D eigenvalue weighted by molar-refractivity contribution is 7.09. The molecule has 21 heavy (non-hydrogen) atoms. The topological polar surface area (TPSA) is 71.9 Å². The van der Waals surface area contributed by atoms with Crippen molar-refractivity contribution in [2.45, 2.75) is 58.1 Å². The van der Waals surface area contributed by atoms with E-state index < -0.39 is 29.6 Å². The maximum absolute atomic E-state index is 12.5. The lowest BCUT2D eigenvalue weighted by atomic mass is 10.1. The number of carbonyl (C=O) groups excluding carboxylic acids is 1. The van der Waals surface area contributed by atoms with Gasteiger partial charge in [-0.3, -0.25) is 4.90 Å². The van der Waals surface area contributed by atoms with Crippen LogP contribution in [0.3, 0.4) is 0 Å². The highest BCUT2D eigenvalue weighted by Gasteiger charge is 2.49. The van der Waals surface area contributed by atoms with Gasteiger partial charge in [0.15, 0.2) is 0 Å². The molecule has 1 saturated heterocycles. The van der Waals surface area contributed by atoms with Gasteiger partial charge in [-0.25, -0.2) is 9.78 Å². The minimum absolute atomic E-state index is 0.243. The van der Waals surface area contributed by atoms with E-state index in [0.29, 0.717) is 5.01 Å². The van der Waals surface area contributed by atoms with E-state index in [-0.39, 0.29) is 6.61 Å². The first-order valence-corrected chi connectivity index (χ1v) is 7.73. The van der Waals surface area contributed by atoms with Crippen molar-refractivity contribution in [1.29, 1.82) is 0 Å². The smallest absolute Gasteiger partial charge is 0.413 e. The van der Waals surface area contributed by atoms with Crippen LogP contribution in [0.4, 0.5) is 4.79 Å². The molecule has 2 atom stereocenters. The normalized spacial score (nSPS) is 23.1. The fraction of sp³-hybridized carbons (Fsp3) is 0.714. The number of nitrogens with zero attached hydrogens (tertiary/aromatic N) is 2. The average molecular weight is 314 g/mol. The Kier molecular flexibility index (Phi) is 4.28. The Bertz CT molecular complexity index is 496. The molecule has 1 aromatic rings. The van der Waals surface area contributed by atoms with Crippen molar-refractivity contribution in [3.05, 3.63) is 16.6 Å². The van der Waals surface area contributed by atoms with E-state index >= 15 is 0 Å². The molecule has 1 aromatic heterocycles. The molecule has 2 heterocycles. The zero-order chi connectivity index (χ0) is 15.8. The third kappa shape index (κ3) is 3.53. The molecule has 6 nitrogen and oxygen atoms in total. The molecule has 0 aromatic carbocycles. The molecule has 0 aliphatic carbocycles. The van der Waals surface area contributed by atoms with E-state index in [1.807, 2.05) is 0 Å². The number of hydrogen-bond acceptors (Lipinski definition) is 6. The SMILES string of the molecule is CC(C)(C)OC(=O)N1C([C@H](O)c2nccs2)COC1(C)C. The maximum atomic E-state index is 12.5. The average Bonchev–Trinajstić information content (AvgIpc) is 2.92. The summed E-state index contributed by atoms with van der Waals surface area (Å²) in [5, 5.41) is 12.8. The van der Waals surface area contributed by atoms with E-state index in [2.05, 4.69) is 4.98 Å². The van der Waals surface area contributed by atoms with Crippen molar-refractivity contribution in [2.75, 3.05) is 6.61 Å². The van der Waals surface area contributed by atoms with Crippen LogP contribution in [0.5, 0.6) is 0 Å². The highest BCUT2D eigenvalue weighted by atomic mass is 32.1. The number of rotatable bonds is 2. The van der Waals surface area contributed by atoms with Gasteiger partial charge in [0, 0.05) is 11.6 Å². The molecule has 1 unspecified atom stereocenters. The summed E-state index contributed by atoms with van der Waals surface area (Å²) in [5.41, 5.74) is -1.43. The van der Waals surface area contributed by atoms with E-state index in [0.717, 1.165) is 0 Å². The molecule has 0 saturated carbocycles. The van der Waals surface area contributed by atoms with Gasteiger partial charge in [-0.2, -0.15) is 0 Å². The Labute approximate surface area is 128 Å². The van der Waals surface area contributed by atoms with Crippen LogP contribution in [-0.2, 0) is 9.47 Å². The van der Waals surface area contributed by atoms with E-state index in [1.54, 1.807) is 46.2 Å². The fourth-order valence-electron chi connectivity index (χ4n) is 2.28. The number of aromatic nitrogens is 1. The van der Waals surface area contributed by atoms with Crippen LogP contribution in [0.1, 0.15) is 45.7 Å². The van der Waals surface area contributed by atoms with Crippen LogP contribution in [0.15, 0.2) is 11.6 Å². The molecule has 1 N–H and O–H groups in total. The van der Waals surface area contributed by atoms with Crippen molar-refractivity contribution in [3.8, 4) is 0 Å². The number of carbonyl (C=O) groups is 1. The zero-order valence-corrected chi connectivity index (χ0v) is 13.8. The van der Waals surface area contributed by atoms with Crippen molar-refractivity contribution < 1.29 is 19.4 Å². The molecule has 0 bridgehead atoms. The second kappa shape index (κ2) is 5.55. The second-order valence-electron chi connectivity index (χ2n) is 6.49. The van der Waals surface area contributed by atoms with Crippen LogP contribution < -0.4 is 0 Å². The highest BCUT2D eigenvalue weighted by Crippen LogP contribution is 2.35. The molecule has 2 rings (SSSR count). The third-order valence-corrected chi connectivity index (χ3v) is 4.02. The second-order valence-corrected chi connectivity index (χ2v) is 7.42. The van der Waals surface area contributed by atoms with Gasteiger partial charge in [-0.1, -0.05) is 0 Å². The van der Waals surface area contributed by atoms with E-state index in [9.17, 15) is 9.90 Å². The molecule has 0 spiro atoms. The Balaban J connectivity index is 2.23. The standard InChI is InChI=1S/C14H22N2O4S/c1-13(2,3)20-12(18)16-9(8-19-14(16,4)5)10(17)11-15-6-7-21-11/h6-7,9-10,17H,8H2,1-5H3/t9?,10-/m0/s1. The Morgan fingerprint density at radius 1 is 1.62 bits per heavy atom. The largest absolute Gasteiger partial charge is 0.444 e. The van der Waals surface area contributed by atoms with Gasteiger partial charge in [0.1, 0.15) is 22.4 Å². The van der Waals surface area contributed by atoms with Crippen LogP contribution in [0.2, 0.25) is 0 Å². The van der Waals surface area contributed by atoms with Crippen molar-refractivity contribution in [2.24, 2.45) is 0 Å². The summed E-state index contributed by atoms with van der Waals surface area (Å²) in [5.74, 6) is 0. The van der Waals surface area contributed by atoms with Gasteiger partial charge in [0.05, 0.1) is 12.6 Å². The molecule has 1 aliphatic rings. The summed E-state index contributed by atoms with van der Waals surface area (Å²) in [4.78, 5) is 18.0. The molecular formula is C14H22N2O4S. The first-order valence-electron chi connectivity index (χ1n) is 6.85. The Morgan fingerprint density at radius 2 is 2.29 bits per heavy atom. The Morgan fingerprint density at radius 3 is 2.81 bits per heavy atom. The number of aliphatic hydroxyl groups is 1. The lowest BCUT2D eigenvalue weighted by Gasteiger charge is -2.36. The predicted molar refractivity (Wildman–Crippen MR) is 79.0 cm³/mol. The van der Waals surface area contributed by atoms with Crippen LogP contribution in [0.25, 0.3) is 0 Å². The van der Waals surface area contributed by atoms with Gasteiger partial charge in [-0.15, -0.1) is 11.3 Å². The van der Waals surface area contributed by atoms with E-state index in [1.165, 1.54) is 16.2 Å². The monoisotopic (exact) mass is 314 g/mol. The van der Waals surface area contributed by atoms with Crippen molar-refractivity contribution >= 4 is 17.4 Å². The molecule has 0 radical (unpaired) electrons. The fourth-order valence-corrected chi connectivity index (χ4v) is 2.96. The van der Waals surface area contributed by atoms with Gasteiger partial charge >= 0.3 is 6.09 Å². The van der Waals surface area contributed by atoms with Gasteiger partial charge in [0.25, 0.3) is 0 Å². The summed E-state index contributed by atoms with van der Waals surface area (Å²) in [6, 6.07) is -0.513. The number of ether oxygens (including phenoxy) is 2. The minimum atomic E-state index is -0.890. The summed E-state index contributed by atoms with van der Waals surface area (Å²) in [6.07, 6.45) is 0.243. The number of amides is 1. The summed E-state index contributed by atoms with van der Waals surface area (Å²) < 4.78 is 11.1. The number of aliphatic hydroxyl groups excluding tert-OH is 1. The van der Waals surface area contributed by atoms with E-state index in [4.69, 9.17) is 9.47 Å². The number of thiazole rings is 1. The molecule has 118 valence electrons. The number of hydrogen-bond donors (Lipinski definition) is 1. The summed E-state index contributed by atoms with van der Waals surface area (Å²) in [7, 11) is 0. The van der Waals surface area contributed by atoms with Crippen molar-refractivity contribution in [1.82, 2.24) is 9.88 Å². The van der Waals surface area contributed by atoms with Crippen LogP contribution in [0, 0.1) is 0 Å². The van der Waals surface area contributed by atoms with Crippen molar-refractivity contribution in [3.63, 3.8) is 0 Å². The molecule has 1 aliphatic heterocycles. The quantitative estimate of drug-likeness (QED) is 0.908. The third-order valence-electron chi connectivity index (χ3n) is 3.18. The first-order chi connectivity index (χ1) is 9.62. The summed E-state index contributed by atoms with van der Waals surface area (Å²) >= 11 is 1.35. The van der Waals surface area contributed by atoms with Gasteiger partial charge in [0.2, 0.25) is 0 Å². The lowest BCUT2D eigenvalue weighted by Crippen LogP contribution is -2.51. The molecular weight excluding hydrogens is 292 g/mol. The Hall–Kier alpha value is -1.18. The molecule has 1 amide bonds. The lowest BCUT2D eigenvalue weighted by molar-refractivity contribution is -0.0679. The van der Waals surface area contributed by atoms with Crippen LogP contribution >= 0.6 is 11.3 Å². The summed E-state index contributed by atoms with van der Waals surface area (Å²) in [6.45, 7) is 9.23. The van der Waals surface area contributed by atoms with Gasteiger partial charge < -0.3 is 14.6 Å². The molecule has 7 heteroatoms.